The summed E-state index contributed by atoms with van der Waals surface area (Å²) in [5, 5.41) is 2.66. The van der Waals surface area contributed by atoms with Gasteiger partial charge in [-0.25, -0.2) is 0 Å². The van der Waals surface area contributed by atoms with Crippen molar-refractivity contribution < 1.29 is 27.4 Å². The van der Waals surface area contributed by atoms with Crippen LogP contribution < -0.4 is 10.1 Å². The highest BCUT2D eigenvalue weighted by atomic mass is 19.4. The van der Waals surface area contributed by atoms with Gasteiger partial charge in [0.05, 0.1) is 17.7 Å². The zero-order chi connectivity index (χ0) is 14.8. The molecule has 7 heteroatoms. The van der Waals surface area contributed by atoms with Crippen LogP contribution in [0.15, 0.2) is 24.3 Å². The number of amides is 1. The molecule has 2 atom stereocenters. The highest BCUT2D eigenvalue weighted by Gasteiger charge is 2.33. The van der Waals surface area contributed by atoms with Gasteiger partial charge in [-0.15, -0.1) is 13.2 Å². The number of halogens is 3. The Morgan fingerprint density at radius 3 is 2.70 bits per heavy atom. The third-order valence-electron chi connectivity index (χ3n) is 3.05. The van der Waals surface area contributed by atoms with E-state index in [2.05, 4.69) is 10.1 Å². The molecule has 1 saturated heterocycles. The minimum absolute atomic E-state index is 0.149. The first-order valence-corrected chi connectivity index (χ1v) is 6.14. The summed E-state index contributed by atoms with van der Waals surface area (Å²) in [5.74, 6) is -1.11. The van der Waals surface area contributed by atoms with Gasteiger partial charge < -0.3 is 14.8 Å². The maximum absolute atomic E-state index is 12.3. The molecule has 20 heavy (non-hydrogen) atoms. The van der Waals surface area contributed by atoms with Crippen molar-refractivity contribution in [3.63, 3.8) is 0 Å². The van der Waals surface area contributed by atoms with Crippen LogP contribution in [0, 0.1) is 0 Å². The molecule has 1 aliphatic rings. The number of para-hydroxylation sites is 1. The molecule has 0 saturated carbocycles. The van der Waals surface area contributed by atoms with Gasteiger partial charge in [-0.3, -0.25) is 4.79 Å². The van der Waals surface area contributed by atoms with Crippen molar-refractivity contribution in [2.45, 2.75) is 31.9 Å². The topological polar surface area (TPSA) is 47.6 Å². The zero-order valence-corrected chi connectivity index (χ0v) is 10.7. The second kappa shape index (κ2) is 5.70. The first-order chi connectivity index (χ1) is 9.37. The van der Waals surface area contributed by atoms with Crippen molar-refractivity contribution in [1.29, 1.82) is 0 Å². The van der Waals surface area contributed by atoms with Gasteiger partial charge in [0.2, 0.25) is 0 Å². The summed E-state index contributed by atoms with van der Waals surface area (Å²) < 4.78 is 46.0. The fraction of sp³-hybridized carbons (Fsp3) is 0.462. The van der Waals surface area contributed by atoms with Crippen molar-refractivity contribution >= 4 is 5.91 Å². The lowest BCUT2D eigenvalue weighted by Crippen LogP contribution is -2.39. The van der Waals surface area contributed by atoms with Crippen molar-refractivity contribution in [3.8, 4) is 5.75 Å². The summed E-state index contributed by atoms with van der Waals surface area (Å²) in [7, 11) is 0. The van der Waals surface area contributed by atoms with Crippen LogP contribution in [-0.2, 0) is 4.74 Å². The van der Waals surface area contributed by atoms with Crippen molar-refractivity contribution in [1.82, 2.24) is 5.32 Å². The van der Waals surface area contributed by atoms with E-state index in [0.29, 0.717) is 13.0 Å². The van der Waals surface area contributed by atoms with E-state index in [4.69, 9.17) is 4.74 Å². The minimum Gasteiger partial charge on any atom is -0.405 e. The number of alkyl halides is 3. The number of hydrogen-bond acceptors (Lipinski definition) is 3. The Kier molecular flexibility index (Phi) is 4.17. The summed E-state index contributed by atoms with van der Waals surface area (Å²) in [6.45, 7) is 2.32. The Bertz CT molecular complexity index is 490. The predicted octanol–water partition coefficient (Wildman–Crippen LogP) is 2.49. The first-order valence-electron chi connectivity index (χ1n) is 6.14. The average molecular weight is 289 g/mol. The lowest BCUT2D eigenvalue weighted by atomic mass is 10.1. The molecule has 1 amide bonds. The molecule has 0 aliphatic carbocycles. The van der Waals surface area contributed by atoms with Gasteiger partial charge in [0.1, 0.15) is 5.75 Å². The van der Waals surface area contributed by atoms with E-state index in [0.717, 1.165) is 6.07 Å². The molecule has 1 aliphatic heterocycles. The quantitative estimate of drug-likeness (QED) is 0.930. The van der Waals surface area contributed by atoms with Gasteiger partial charge in [0.15, 0.2) is 0 Å². The van der Waals surface area contributed by atoms with Gasteiger partial charge in [-0.05, 0) is 25.5 Å². The molecule has 2 rings (SSSR count). The number of benzene rings is 1. The Morgan fingerprint density at radius 1 is 1.40 bits per heavy atom. The van der Waals surface area contributed by atoms with Crippen LogP contribution in [0.5, 0.6) is 5.75 Å². The molecule has 0 radical (unpaired) electrons. The van der Waals surface area contributed by atoms with E-state index in [1.807, 2.05) is 0 Å². The van der Waals surface area contributed by atoms with Gasteiger partial charge in [-0.2, -0.15) is 0 Å². The largest absolute Gasteiger partial charge is 0.573 e. The molecule has 1 N–H and O–H groups in total. The smallest absolute Gasteiger partial charge is 0.405 e. The number of carbonyl (C=O) groups excluding carboxylic acids is 1. The van der Waals surface area contributed by atoms with Crippen LogP contribution in [0.3, 0.4) is 0 Å². The van der Waals surface area contributed by atoms with Crippen LogP contribution in [-0.4, -0.2) is 31.0 Å². The second-order valence-electron chi connectivity index (χ2n) is 4.49. The zero-order valence-electron chi connectivity index (χ0n) is 10.7. The standard InChI is InChI=1S/C13H14F3NO3/c1-8-10(6-7-19-8)17-12(18)9-4-2-3-5-11(9)20-13(14,15)16/h2-5,8,10H,6-7H2,1H3,(H,17,18). The van der Waals surface area contributed by atoms with Crippen LogP contribution in [0.25, 0.3) is 0 Å². The predicted molar refractivity (Wildman–Crippen MR) is 64.4 cm³/mol. The maximum atomic E-state index is 12.3. The maximum Gasteiger partial charge on any atom is 0.573 e. The molecule has 1 aromatic rings. The molecule has 1 fully saturated rings. The fourth-order valence-electron chi connectivity index (χ4n) is 2.04. The Morgan fingerprint density at radius 2 is 2.10 bits per heavy atom. The number of ether oxygens (including phenoxy) is 2. The highest BCUT2D eigenvalue weighted by molar-refractivity contribution is 5.97. The molecule has 2 unspecified atom stereocenters. The van der Waals surface area contributed by atoms with Crippen LogP contribution in [0.1, 0.15) is 23.7 Å². The summed E-state index contributed by atoms with van der Waals surface area (Å²) in [6.07, 6.45) is -4.36. The highest BCUT2D eigenvalue weighted by Crippen LogP contribution is 2.26. The SMILES string of the molecule is CC1OCCC1NC(=O)c1ccccc1OC(F)(F)F. The fourth-order valence-corrected chi connectivity index (χ4v) is 2.04. The van der Waals surface area contributed by atoms with E-state index < -0.39 is 18.0 Å². The summed E-state index contributed by atoms with van der Waals surface area (Å²) in [4.78, 5) is 12.0. The third kappa shape index (κ3) is 3.63. The van der Waals surface area contributed by atoms with E-state index in [-0.39, 0.29) is 17.7 Å². The van der Waals surface area contributed by atoms with Gasteiger partial charge in [0, 0.05) is 6.61 Å². The van der Waals surface area contributed by atoms with Gasteiger partial charge in [-0.1, -0.05) is 12.1 Å². The molecular weight excluding hydrogens is 275 g/mol. The molecule has 4 nitrogen and oxygen atoms in total. The average Bonchev–Trinajstić information content (AvgIpc) is 2.73. The molecule has 0 spiro atoms. The van der Waals surface area contributed by atoms with Gasteiger partial charge in [0.25, 0.3) is 5.91 Å². The van der Waals surface area contributed by atoms with E-state index in [9.17, 15) is 18.0 Å². The van der Waals surface area contributed by atoms with Crippen molar-refractivity contribution in [2.24, 2.45) is 0 Å². The summed E-state index contributed by atoms with van der Waals surface area (Å²) >= 11 is 0. The Hall–Kier alpha value is -1.76. The summed E-state index contributed by atoms with van der Waals surface area (Å²) in [6, 6.07) is 5.04. The van der Waals surface area contributed by atoms with Crippen LogP contribution in [0.2, 0.25) is 0 Å². The van der Waals surface area contributed by atoms with Crippen molar-refractivity contribution in [2.75, 3.05) is 6.61 Å². The monoisotopic (exact) mass is 289 g/mol. The second-order valence-corrected chi connectivity index (χ2v) is 4.49. The number of hydrogen-bond donors (Lipinski definition) is 1. The lowest BCUT2D eigenvalue weighted by Gasteiger charge is -2.18. The van der Waals surface area contributed by atoms with Crippen LogP contribution in [0.4, 0.5) is 13.2 Å². The molecule has 1 aromatic carbocycles. The van der Waals surface area contributed by atoms with Gasteiger partial charge >= 0.3 is 6.36 Å². The number of rotatable bonds is 3. The van der Waals surface area contributed by atoms with Crippen LogP contribution >= 0.6 is 0 Å². The molecular formula is C13H14F3NO3. The van der Waals surface area contributed by atoms with E-state index >= 15 is 0 Å². The molecule has 0 aromatic heterocycles. The molecule has 1 heterocycles. The van der Waals surface area contributed by atoms with E-state index in [1.54, 1.807) is 6.92 Å². The summed E-state index contributed by atoms with van der Waals surface area (Å²) in [5.41, 5.74) is -0.149. The Labute approximate surface area is 113 Å². The first kappa shape index (κ1) is 14.6. The Balaban J connectivity index is 2.13. The van der Waals surface area contributed by atoms with Crippen molar-refractivity contribution in [3.05, 3.63) is 29.8 Å². The minimum atomic E-state index is -4.83. The molecule has 0 bridgehead atoms. The molecule has 110 valence electrons. The number of nitrogens with one attached hydrogen (secondary N) is 1. The number of carbonyl (C=O) groups is 1. The van der Waals surface area contributed by atoms with E-state index in [1.165, 1.54) is 18.2 Å². The lowest BCUT2D eigenvalue weighted by molar-refractivity contribution is -0.274. The normalized spacial score (nSPS) is 22.6. The third-order valence-corrected chi connectivity index (χ3v) is 3.05.